The summed E-state index contributed by atoms with van der Waals surface area (Å²) in [6.45, 7) is 7.52. The number of aromatic amines is 1. The molecule has 0 atom stereocenters. The van der Waals surface area contributed by atoms with E-state index in [9.17, 15) is 18.0 Å². The largest absolute Gasteiger partial charge is 0.359 e. The average molecular weight is 486 g/mol. The molecule has 0 spiro atoms. The van der Waals surface area contributed by atoms with Crippen LogP contribution in [0.4, 0.5) is 5.69 Å². The predicted octanol–water partition coefficient (Wildman–Crippen LogP) is 1.79. The van der Waals surface area contributed by atoms with Crippen LogP contribution < -0.4 is 15.4 Å². The van der Waals surface area contributed by atoms with E-state index in [1.54, 1.807) is 12.1 Å². The normalized spacial score (nSPS) is 17.3. The highest BCUT2D eigenvalue weighted by Gasteiger charge is 2.27. The highest BCUT2D eigenvalue weighted by molar-refractivity contribution is 7.89. The topological polar surface area (TPSA) is 123 Å². The van der Waals surface area contributed by atoms with Gasteiger partial charge in [0.25, 0.3) is 5.91 Å². The van der Waals surface area contributed by atoms with Crippen LogP contribution >= 0.6 is 0 Å². The standard InChI is InChI=1S/C24H31N5O4S/c1-15-18(14-23(30)26-8-11-29-9-4-5-10-29)16(2)27-22(15)13-20-19-12-17(34(32,33)25-3)6-7-21(19)28-24(20)31/h6-7,12-13,25,27H,4-5,8-11,14H2,1-3H3,(H,26,30)(H,28,31). The van der Waals surface area contributed by atoms with Crippen molar-refractivity contribution in [1.29, 1.82) is 0 Å². The van der Waals surface area contributed by atoms with E-state index < -0.39 is 10.0 Å². The van der Waals surface area contributed by atoms with E-state index in [0.29, 0.717) is 23.4 Å². The first-order valence-electron chi connectivity index (χ1n) is 11.5. The van der Waals surface area contributed by atoms with Gasteiger partial charge < -0.3 is 20.5 Å². The highest BCUT2D eigenvalue weighted by atomic mass is 32.2. The molecular weight excluding hydrogens is 454 g/mol. The average Bonchev–Trinajstić information content (AvgIpc) is 3.49. The number of likely N-dealkylation sites (tertiary alicyclic amines) is 1. The molecule has 4 rings (SSSR count). The number of aromatic nitrogens is 1. The van der Waals surface area contributed by atoms with Gasteiger partial charge in [-0.2, -0.15) is 0 Å². The number of aryl methyl sites for hydroxylation is 1. The maximum atomic E-state index is 12.6. The third-order valence-corrected chi connectivity index (χ3v) is 7.97. The predicted molar refractivity (Wildman–Crippen MR) is 132 cm³/mol. The summed E-state index contributed by atoms with van der Waals surface area (Å²) in [6.07, 6.45) is 4.42. The smallest absolute Gasteiger partial charge is 0.256 e. The number of carbonyl (C=O) groups excluding carboxylic acids is 2. The van der Waals surface area contributed by atoms with Crippen molar-refractivity contribution in [2.45, 2.75) is 38.0 Å². The molecule has 0 bridgehead atoms. The van der Waals surface area contributed by atoms with Gasteiger partial charge in [0.2, 0.25) is 15.9 Å². The Bertz CT molecular complexity index is 1260. The Kier molecular flexibility index (Phi) is 6.92. The summed E-state index contributed by atoms with van der Waals surface area (Å²) in [4.78, 5) is 30.9. The van der Waals surface area contributed by atoms with Gasteiger partial charge in [-0.05, 0) is 82.2 Å². The Labute approximate surface area is 200 Å². The molecule has 1 saturated heterocycles. The van der Waals surface area contributed by atoms with E-state index in [1.807, 2.05) is 13.8 Å². The van der Waals surface area contributed by atoms with Crippen LogP contribution in [0.15, 0.2) is 23.1 Å². The van der Waals surface area contributed by atoms with Crippen LogP contribution in [0.25, 0.3) is 11.6 Å². The molecule has 4 N–H and O–H groups in total. The molecule has 0 radical (unpaired) electrons. The van der Waals surface area contributed by atoms with Crippen molar-refractivity contribution in [1.82, 2.24) is 19.9 Å². The maximum absolute atomic E-state index is 12.6. The van der Waals surface area contributed by atoms with Crippen molar-refractivity contribution in [3.63, 3.8) is 0 Å². The van der Waals surface area contributed by atoms with Crippen LogP contribution in [-0.2, 0) is 26.0 Å². The molecule has 2 aliphatic rings. The number of sulfonamides is 1. The number of hydrogen-bond donors (Lipinski definition) is 4. The Balaban J connectivity index is 1.53. The minimum atomic E-state index is -3.64. The van der Waals surface area contributed by atoms with Gasteiger partial charge in [0.15, 0.2) is 0 Å². The van der Waals surface area contributed by atoms with Gasteiger partial charge in [0, 0.05) is 35.7 Å². The lowest BCUT2D eigenvalue weighted by Gasteiger charge is -2.14. The summed E-state index contributed by atoms with van der Waals surface area (Å²) in [5.74, 6) is -0.337. The SMILES string of the molecule is CNS(=O)(=O)c1ccc2c(c1)C(=Cc1[nH]c(C)c(CC(=O)NCCN3CCCC3)c1C)C(=O)N2. The molecular formula is C24H31N5O4S. The number of rotatable bonds is 8. The van der Waals surface area contributed by atoms with Crippen LogP contribution in [0.3, 0.4) is 0 Å². The molecule has 10 heteroatoms. The van der Waals surface area contributed by atoms with Crippen LogP contribution in [0.2, 0.25) is 0 Å². The van der Waals surface area contributed by atoms with Gasteiger partial charge in [0.05, 0.1) is 16.9 Å². The summed E-state index contributed by atoms with van der Waals surface area (Å²) in [6, 6.07) is 4.53. The molecule has 0 saturated carbocycles. The summed E-state index contributed by atoms with van der Waals surface area (Å²) in [7, 11) is -2.30. The zero-order valence-corrected chi connectivity index (χ0v) is 20.6. The molecule has 1 aromatic heterocycles. The number of nitrogens with zero attached hydrogens (tertiary/aromatic N) is 1. The van der Waals surface area contributed by atoms with Gasteiger partial charge in [-0.3, -0.25) is 9.59 Å². The molecule has 2 amide bonds. The third-order valence-electron chi connectivity index (χ3n) is 6.56. The van der Waals surface area contributed by atoms with Crippen molar-refractivity contribution in [3.8, 4) is 0 Å². The molecule has 2 aromatic rings. The van der Waals surface area contributed by atoms with E-state index in [2.05, 4.69) is 25.2 Å². The second-order valence-electron chi connectivity index (χ2n) is 8.77. The second kappa shape index (κ2) is 9.73. The molecule has 182 valence electrons. The molecule has 0 aliphatic carbocycles. The number of hydrogen-bond acceptors (Lipinski definition) is 5. The number of fused-ring (bicyclic) bond motifs is 1. The van der Waals surface area contributed by atoms with Crippen molar-refractivity contribution >= 4 is 39.2 Å². The lowest BCUT2D eigenvalue weighted by Crippen LogP contribution is -2.34. The zero-order chi connectivity index (χ0) is 24.5. The number of anilines is 1. The first-order valence-corrected chi connectivity index (χ1v) is 13.0. The summed E-state index contributed by atoms with van der Waals surface area (Å²) in [5.41, 5.74) is 4.82. The van der Waals surface area contributed by atoms with Crippen LogP contribution in [0.1, 0.15) is 40.9 Å². The van der Waals surface area contributed by atoms with Crippen molar-refractivity contribution < 1.29 is 18.0 Å². The van der Waals surface area contributed by atoms with Crippen molar-refractivity contribution in [2.24, 2.45) is 0 Å². The molecule has 3 heterocycles. The van der Waals surface area contributed by atoms with Crippen LogP contribution in [0.5, 0.6) is 0 Å². The van der Waals surface area contributed by atoms with Crippen molar-refractivity contribution in [3.05, 3.63) is 46.3 Å². The maximum Gasteiger partial charge on any atom is 0.256 e. The van der Waals surface area contributed by atoms with Gasteiger partial charge in [0.1, 0.15) is 0 Å². The molecule has 1 aromatic carbocycles. The van der Waals surface area contributed by atoms with Gasteiger partial charge in [-0.15, -0.1) is 0 Å². The van der Waals surface area contributed by atoms with Crippen LogP contribution in [0, 0.1) is 13.8 Å². The summed E-state index contributed by atoms with van der Waals surface area (Å²) < 4.78 is 26.7. The minimum Gasteiger partial charge on any atom is -0.359 e. The second-order valence-corrected chi connectivity index (χ2v) is 10.7. The first-order chi connectivity index (χ1) is 16.2. The van der Waals surface area contributed by atoms with E-state index >= 15 is 0 Å². The number of carbonyl (C=O) groups is 2. The quantitative estimate of drug-likeness (QED) is 0.425. The first kappa shape index (κ1) is 24.2. The molecule has 1 fully saturated rings. The fourth-order valence-electron chi connectivity index (χ4n) is 4.55. The Morgan fingerprint density at radius 1 is 1.21 bits per heavy atom. The van der Waals surface area contributed by atoms with E-state index in [0.717, 1.165) is 42.1 Å². The lowest BCUT2D eigenvalue weighted by molar-refractivity contribution is -0.120. The van der Waals surface area contributed by atoms with Crippen LogP contribution in [-0.4, -0.2) is 63.3 Å². The van der Waals surface area contributed by atoms with Crippen molar-refractivity contribution in [2.75, 3.05) is 38.5 Å². The number of benzene rings is 1. The lowest BCUT2D eigenvalue weighted by atomic mass is 10.0. The van der Waals surface area contributed by atoms with E-state index in [4.69, 9.17) is 0 Å². The highest BCUT2D eigenvalue weighted by Crippen LogP contribution is 2.35. The molecule has 2 aliphatic heterocycles. The Hall–Kier alpha value is -2.95. The minimum absolute atomic E-state index is 0.0329. The third kappa shape index (κ3) is 4.94. The van der Waals surface area contributed by atoms with E-state index in [1.165, 1.54) is 32.0 Å². The Morgan fingerprint density at radius 2 is 1.94 bits per heavy atom. The molecule has 9 nitrogen and oxygen atoms in total. The fraction of sp³-hybridized carbons (Fsp3) is 0.417. The number of H-pyrrole nitrogens is 1. The molecule has 0 unspecified atom stereocenters. The van der Waals surface area contributed by atoms with Gasteiger partial charge >= 0.3 is 0 Å². The molecule has 34 heavy (non-hydrogen) atoms. The zero-order valence-electron chi connectivity index (χ0n) is 19.7. The fourth-order valence-corrected chi connectivity index (χ4v) is 5.30. The van der Waals surface area contributed by atoms with Gasteiger partial charge in [-0.1, -0.05) is 0 Å². The Morgan fingerprint density at radius 3 is 2.65 bits per heavy atom. The number of amides is 2. The van der Waals surface area contributed by atoms with Gasteiger partial charge in [-0.25, -0.2) is 13.1 Å². The van der Waals surface area contributed by atoms with E-state index in [-0.39, 0.29) is 23.1 Å². The summed E-state index contributed by atoms with van der Waals surface area (Å²) >= 11 is 0. The monoisotopic (exact) mass is 485 g/mol. The number of nitrogens with one attached hydrogen (secondary N) is 4. The summed E-state index contributed by atoms with van der Waals surface area (Å²) in [5, 5.41) is 5.78.